The van der Waals surface area contributed by atoms with Gasteiger partial charge in [0.1, 0.15) is 9.38 Å². The van der Waals surface area contributed by atoms with Gasteiger partial charge < -0.3 is 10.1 Å². The fraction of sp³-hybridized carbons (Fsp3) is 0.545. The molecule has 0 aromatic heterocycles. The standard InChI is InChI=1S/C11H15BrClNO2/c1-10(2,3)16-9(15)14-8-6-4-5-7-11(8,12)13/h4-8H,1-3H3,(H,14,15). The van der Waals surface area contributed by atoms with Crippen LogP contribution in [0.25, 0.3) is 0 Å². The zero-order valence-electron chi connectivity index (χ0n) is 9.46. The summed E-state index contributed by atoms with van der Waals surface area (Å²) in [6, 6.07) is -0.339. The molecule has 0 fully saturated rings. The highest BCUT2D eigenvalue weighted by Crippen LogP contribution is 2.32. The lowest BCUT2D eigenvalue weighted by atomic mass is 10.1. The minimum absolute atomic E-state index is 0.339. The average molecular weight is 309 g/mol. The number of amides is 1. The molecule has 0 aliphatic heterocycles. The molecular weight excluding hydrogens is 293 g/mol. The molecular formula is C11H15BrClNO2. The van der Waals surface area contributed by atoms with E-state index in [1.165, 1.54) is 0 Å². The van der Waals surface area contributed by atoms with Gasteiger partial charge >= 0.3 is 6.09 Å². The molecule has 0 bridgehead atoms. The lowest BCUT2D eigenvalue weighted by Crippen LogP contribution is -2.46. The van der Waals surface area contributed by atoms with E-state index in [-0.39, 0.29) is 6.04 Å². The average Bonchev–Trinajstić information content (AvgIpc) is 2.05. The van der Waals surface area contributed by atoms with Crippen LogP contribution in [0.15, 0.2) is 24.3 Å². The van der Waals surface area contributed by atoms with Crippen molar-refractivity contribution in [2.24, 2.45) is 0 Å². The van der Waals surface area contributed by atoms with Gasteiger partial charge in [-0.15, -0.1) is 0 Å². The largest absolute Gasteiger partial charge is 0.444 e. The Bertz CT molecular complexity index is 331. The monoisotopic (exact) mass is 307 g/mol. The summed E-state index contributed by atoms with van der Waals surface area (Å²) >= 11 is 9.49. The molecule has 0 aromatic rings. The maximum Gasteiger partial charge on any atom is 0.408 e. The Morgan fingerprint density at radius 2 is 2.12 bits per heavy atom. The van der Waals surface area contributed by atoms with Gasteiger partial charge in [0.25, 0.3) is 0 Å². The lowest BCUT2D eigenvalue weighted by Gasteiger charge is -2.29. The maximum atomic E-state index is 11.5. The van der Waals surface area contributed by atoms with Crippen LogP contribution < -0.4 is 5.32 Å². The Morgan fingerprint density at radius 1 is 1.50 bits per heavy atom. The molecule has 0 heterocycles. The normalized spacial score (nSPS) is 28.9. The van der Waals surface area contributed by atoms with E-state index in [4.69, 9.17) is 16.3 Å². The van der Waals surface area contributed by atoms with Crippen molar-refractivity contribution in [3.63, 3.8) is 0 Å². The molecule has 16 heavy (non-hydrogen) atoms. The van der Waals surface area contributed by atoms with Crippen LogP contribution in [-0.2, 0) is 4.74 Å². The van der Waals surface area contributed by atoms with E-state index in [2.05, 4.69) is 21.2 Å². The molecule has 5 heteroatoms. The number of alkyl carbamates (subject to hydrolysis) is 1. The van der Waals surface area contributed by atoms with Crippen LogP contribution in [0.2, 0.25) is 0 Å². The van der Waals surface area contributed by atoms with Crippen LogP contribution in [0, 0.1) is 0 Å². The summed E-state index contributed by atoms with van der Waals surface area (Å²) in [5.41, 5.74) is -0.514. The molecule has 1 rings (SSSR count). The molecule has 1 aliphatic rings. The van der Waals surface area contributed by atoms with Gasteiger partial charge in [-0.2, -0.15) is 0 Å². The van der Waals surface area contributed by atoms with Crippen LogP contribution in [0.4, 0.5) is 4.79 Å². The van der Waals surface area contributed by atoms with Gasteiger partial charge in [0.2, 0.25) is 0 Å². The van der Waals surface area contributed by atoms with Gasteiger partial charge in [-0.1, -0.05) is 51.8 Å². The van der Waals surface area contributed by atoms with Gasteiger partial charge in [0.05, 0.1) is 6.04 Å². The van der Waals surface area contributed by atoms with Crippen molar-refractivity contribution in [2.45, 2.75) is 36.2 Å². The maximum absolute atomic E-state index is 11.5. The SMILES string of the molecule is CC(C)(C)OC(=O)NC1C=CC=CC1(Cl)Br. The summed E-state index contributed by atoms with van der Waals surface area (Å²) in [5.74, 6) is 0. The fourth-order valence-electron chi connectivity index (χ4n) is 1.17. The van der Waals surface area contributed by atoms with Gasteiger partial charge in [0, 0.05) is 0 Å². The highest BCUT2D eigenvalue weighted by atomic mass is 79.9. The number of carbonyl (C=O) groups is 1. The Labute approximate surface area is 109 Å². The van der Waals surface area contributed by atoms with Crippen LogP contribution in [0.3, 0.4) is 0 Å². The van der Waals surface area contributed by atoms with Crippen molar-refractivity contribution in [3.8, 4) is 0 Å². The minimum atomic E-state index is -0.793. The van der Waals surface area contributed by atoms with Crippen molar-refractivity contribution < 1.29 is 9.53 Å². The van der Waals surface area contributed by atoms with Gasteiger partial charge in [-0.25, -0.2) is 4.79 Å². The smallest absolute Gasteiger partial charge is 0.408 e. The number of hydrogen-bond acceptors (Lipinski definition) is 2. The summed E-state index contributed by atoms with van der Waals surface area (Å²) in [5, 5.41) is 2.69. The molecule has 0 aromatic carbocycles. The van der Waals surface area contributed by atoms with Gasteiger partial charge in [-0.05, 0) is 20.8 Å². The quantitative estimate of drug-likeness (QED) is 0.755. The molecule has 2 unspecified atom stereocenters. The molecule has 2 atom stereocenters. The van der Waals surface area contributed by atoms with Gasteiger partial charge in [0.15, 0.2) is 0 Å². The molecule has 1 N–H and O–H groups in total. The molecule has 0 saturated heterocycles. The number of carbonyl (C=O) groups excluding carboxylic acids is 1. The first-order chi connectivity index (χ1) is 7.21. The third-order valence-corrected chi connectivity index (χ3v) is 2.94. The zero-order valence-corrected chi connectivity index (χ0v) is 11.8. The lowest BCUT2D eigenvalue weighted by molar-refractivity contribution is 0.0514. The second-order valence-corrected chi connectivity index (χ2v) is 6.94. The minimum Gasteiger partial charge on any atom is -0.444 e. The number of ether oxygens (including phenoxy) is 1. The third kappa shape index (κ3) is 4.18. The van der Waals surface area contributed by atoms with E-state index >= 15 is 0 Å². The number of allylic oxidation sites excluding steroid dienone is 2. The number of halogens is 2. The van der Waals surface area contributed by atoms with Crippen molar-refractivity contribution in [2.75, 3.05) is 0 Å². The van der Waals surface area contributed by atoms with E-state index in [0.717, 1.165) is 0 Å². The predicted octanol–water partition coefficient (Wildman–Crippen LogP) is 3.34. The predicted molar refractivity (Wildman–Crippen MR) is 68.9 cm³/mol. The summed E-state index contributed by atoms with van der Waals surface area (Å²) < 4.78 is 4.35. The Balaban J connectivity index is 2.58. The summed E-state index contributed by atoms with van der Waals surface area (Å²) in [6.45, 7) is 5.43. The number of hydrogen-bond donors (Lipinski definition) is 1. The first kappa shape index (κ1) is 13.6. The first-order valence-corrected chi connectivity index (χ1v) is 6.11. The molecule has 3 nitrogen and oxygen atoms in total. The second kappa shape index (κ2) is 4.80. The zero-order chi connectivity index (χ0) is 12.4. The summed E-state index contributed by atoms with van der Waals surface area (Å²) in [6.07, 6.45) is 6.71. The molecule has 0 saturated carbocycles. The van der Waals surface area contributed by atoms with Crippen molar-refractivity contribution in [3.05, 3.63) is 24.3 Å². The fourth-order valence-corrected chi connectivity index (χ4v) is 1.79. The van der Waals surface area contributed by atoms with E-state index in [1.807, 2.05) is 32.9 Å². The molecule has 0 spiro atoms. The number of nitrogens with one attached hydrogen (secondary N) is 1. The molecule has 1 amide bonds. The number of rotatable bonds is 1. The van der Waals surface area contributed by atoms with E-state index in [1.54, 1.807) is 12.2 Å². The van der Waals surface area contributed by atoms with Crippen molar-refractivity contribution in [1.29, 1.82) is 0 Å². The third-order valence-electron chi connectivity index (χ3n) is 1.82. The summed E-state index contributed by atoms with van der Waals surface area (Å²) in [4.78, 5) is 11.5. The highest BCUT2D eigenvalue weighted by Gasteiger charge is 2.33. The second-order valence-electron chi connectivity index (χ2n) is 4.54. The molecule has 90 valence electrons. The van der Waals surface area contributed by atoms with E-state index < -0.39 is 15.5 Å². The topological polar surface area (TPSA) is 38.3 Å². The highest BCUT2D eigenvalue weighted by molar-refractivity contribution is 9.10. The van der Waals surface area contributed by atoms with Crippen LogP contribution in [0.1, 0.15) is 20.8 Å². The van der Waals surface area contributed by atoms with Crippen LogP contribution >= 0.6 is 27.5 Å². The summed E-state index contributed by atoms with van der Waals surface area (Å²) in [7, 11) is 0. The molecule has 1 aliphatic carbocycles. The van der Waals surface area contributed by atoms with E-state index in [9.17, 15) is 4.79 Å². The van der Waals surface area contributed by atoms with Crippen LogP contribution in [-0.4, -0.2) is 21.5 Å². The molecule has 0 radical (unpaired) electrons. The van der Waals surface area contributed by atoms with Crippen molar-refractivity contribution in [1.82, 2.24) is 5.32 Å². The Hall–Kier alpha value is -0.480. The number of alkyl halides is 2. The Kier molecular flexibility index (Phi) is 4.07. The first-order valence-electron chi connectivity index (χ1n) is 4.94. The Morgan fingerprint density at radius 3 is 2.62 bits per heavy atom. The van der Waals surface area contributed by atoms with Crippen LogP contribution in [0.5, 0.6) is 0 Å². The van der Waals surface area contributed by atoms with Gasteiger partial charge in [-0.3, -0.25) is 0 Å². The van der Waals surface area contributed by atoms with Crippen molar-refractivity contribution >= 4 is 33.6 Å². The van der Waals surface area contributed by atoms with E-state index in [0.29, 0.717) is 0 Å².